The molecule has 0 saturated carbocycles. The molecule has 38 heavy (non-hydrogen) atoms. The summed E-state index contributed by atoms with van der Waals surface area (Å²) in [7, 11) is 0. The van der Waals surface area contributed by atoms with E-state index in [2.05, 4.69) is 91.5 Å². The second-order valence-electron chi connectivity index (χ2n) is 10.3. The monoisotopic (exact) mass is 513 g/mol. The quantitative estimate of drug-likeness (QED) is 0.133. The molecule has 3 aromatic rings. The van der Waals surface area contributed by atoms with E-state index in [4.69, 9.17) is 4.74 Å². The van der Waals surface area contributed by atoms with E-state index in [1.807, 2.05) is 6.92 Å². The second kappa shape index (κ2) is 16.7. The molecule has 0 amide bonds. The molecule has 0 atom stereocenters. The Morgan fingerprint density at radius 3 is 1.32 bits per heavy atom. The number of hydrogen-bond acceptors (Lipinski definition) is 3. The molecule has 0 fully saturated rings. The molecule has 3 nitrogen and oxygen atoms in total. The lowest BCUT2D eigenvalue weighted by Crippen LogP contribution is -2.10. The van der Waals surface area contributed by atoms with E-state index in [9.17, 15) is 4.79 Å². The molecule has 204 valence electrons. The average molecular weight is 514 g/mol. The van der Waals surface area contributed by atoms with Crippen molar-refractivity contribution in [2.45, 2.75) is 97.8 Å². The lowest BCUT2D eigenvalue weighted by molar-refractivity contribution is -0.143. The number of ether oxygens (including phenoxy) is 1. The summed E-state index contributed by atoms with van der Waals surface area (Å²) in [5.74, 6) is -0.136. The van der Waals surface area contributed by atoms with Gasteiger partial charge in [-0.15, -0.1) is 0 Å². The van der Waals surface area contributed by atoms with Crippen LogP contribution in [-0.2, 0) is 28.8 Å². The fourth-order valence-corrected chi connectivity index (χ4v) is 4.87. The van der Waals surface area contributed by atoms with Gasteiger partial charge in [-0.05, 0) is 92.1 Å². The van der Waals surface area contributed by atoms with Crippen LogP contribution >= 0.6 is 0 Å². The summed E-state index contributed by atoms with van der Waals surface area (Å²) < 4.78 is 5.09. The fourth-order valence-electron chi connectivity index (χ4n) is 4.87. The highest BCUT2D eigenvalue weighted by molar-refractivity contribution is 5.77. The number of esters is 1. The maximum atomic E-state index is 11.8. The van der Waals surface area contributed by atoms with Crippen LogP contribution in [0, 0.1) is 0 Å². The number of hydrogen-bond donors (Lipinski definition) is 0. The molecule has 0 heterocycles. The van der Waals surface area contributed by atoms with Crippen molar-refractivity contribution < 1.29 is 9.53 Å². The zero-order valence-electron chi connectivity index (χ0n) is 23.9. The maximum Gasteiger partial charge on any atom is 0.306 e. The zero-order chi connectivity index (χ0) is 27.0. The second-order valence-corrected chi connectivity index (χ2v) is 10.3. The van der Waals surface area contributed by atoms with Crippen molar-refractivity contribution in [1.29, 1.82) is 0 Å². The first-order chi connectivity index (χ1) is 18.6. The minimum Gasteiger partial charge on any atom is -0.466 e. The molecule has 0 unspecified atom stereocenters. The van der Waals surface area contributed by atoms with E-state index in [0.29, 0.717) is 19.4 Å². The Morgan fingerprint density at radius 1 is 0.553 bits per heavy atom. The number of anilines is 3. The van der Waals surface area contributed by atoms with Crippen LogP contribution in [0.2, 0.25) is 0 Å². The molecule has 0 aliphatic heterocycles. The molecule has 0 N–H and O–H groups in total. The van der Waals surface area contributed by atoms with Crippen molar-refractivity contribution >= 4 is 23.0 Å². The van der Waals surface area contributed by atoms with Crippen molar-refractivity contribution in [1.82, 2.24) is 0 Å². The van der Waals surface area contributed by atoms with Crippen LogP contribution < -0.4 is 4.90 Å². The summed E-state index contributed by atoms with van der Waals surface area (Å²) in [6, 6.07) is 26.7. The van der Waals surface area contributed by atoms with Gasteiger partial charge in [-0.3, -0.25) is 4.79 Å². The summed E-state index contributed by atoms with van der Waals surface area (Å²) in [5, 5.41) is 0. The molecule has 3 aromatic carbocycles. The van der Waals surface area contributed by atoms with E-state index in [1.165, 1.54) is 62.5 Å². The Labute approximate surface area is 231 Å². The van der Waals surface area contributed by atoms with E-state index in [1.54, 1.807) is 0 Å². The van der Waals surface area contributed by atoms with Crippen LogP contribution in [0.3, 0.4) is 0 Å². The minimum atomic E-state index is -0.136. The van der Waals surface area contributed by atoms with Gasteiger partial charge in [0, 0.05) is 23.5 Å². The molecule has 3 rings (SSSR count). The Morgan fingerprint density at radius 2 is 0.947 bits per heavy atom. The lowest BCUT2D eigenvalue weighted by Gasteiger charge is -2.26. The van der Waals surface area contributed by atoms with Crippen LogP contribution in [0.5, 0.6) is 0 Å². The Bertz CT molecular complexity index is 999. The largest absolute Gasteiger partial charge is 0.466 e. The van der Waals surface area contributed by atoms with Gasteiger partial charge in [-0.25, -0.2) is 0 Å². The smallest absolute Gasteiger partial charge is 0.306 e. The minimum absolute atomic E-state index is 0.136. The molecular weight excluding hydrogens is 466 g/mol. The van der Waals surface area contributed by atoms with Gasteiger partial charge in [0.15, 0.2) is 0 Å². The number of nitrogens with zero attached hydrogens (tertiary/aromatic N) is 1. The predicted octanol–water partition coefficient (Wildman–Crippen LogP) is 9.90. The van der Waals surface area contributed by atoms with Gasteiger partial charge in [-0.1, -0.05) is 88.8 Å². The molecule has 0 saturated heterocycles. The predicted molar refractivity (Wildman–Crippen MR) is 162 cm³/mol. The van der Waals surface area contributed by atoms with Gasteiger partial charge in [0.2, 0.25) is 0 Å². The number of carbonyl (C=O) groups excluding carboxylic acids is 1. The van der Waals surface area contributed by atoms with Crippen LogP contribution in [-0.4, -0.2) is 12.6 Å². The third kappa shape index (κ3) is 9.67. The van der Waals surface area contributed by atoms with E-state index < -0.39 is 0 Å². The van der Waals surface area contributed by atoms with Crippen molar-refractivity contribution in [3.05, 3.63) is 89.5 Å². The maximum absolute atomic E-state index is 11.8. The number of aryl methyl sites for hydroxylation is 3. The molecule has 0 aliphatic carbocycles. The summed E-state index contributed by atoms with van der Waals surface area (Å²) in [6.07, 6.45) is 13.7. The van der Waals surface area contributed by atoms with Gasteiger partial charge in [0.25, 0.3) is 0 Å². The lowest BCUT2D eigenvalue weighted by atomic mass is 10.0. The Hall–Kier alpha value is -3.07. The molecule has 0 aromatic heterocycles. The first-order valence-corrected chi connectivity index (χ1v) is 14.9. The average Bonchev–Trinajstić information content (AvgIpc) is 2.95. The van der Waals surface area contributed by atoms with Crippen LogP contribution in [0.4, 0.5) is 17.1 Å². The topological polar surface area (TPSA) is 29.5 Å². The first kappa shape index (κ1) is 29.5. The van der Waals surface area contributed by atoms with Gasteiger partial charge >= 0.3 is 5.97 Å². The van der Waals surface area contributed by atoms with E-state index in [-0.39, 0.29) is 5.97 Å². The normalized spacial score (nSPS) is 10.9. The summed E-state index contributed by atoms with van der Waals surface area (Å²) in [5.41, 5.74) is 7.40. The highest BCUT2D eigenvalue weighted by atomic mass is 16.5. The molecule has 3 heteroatoms. The van der Waals surface area contributed by atoms with Crippen LogP contribution in [0.15, 0.2) is 72.8 Å². The fraction of sp³-hybridized carbons (Fsp3) is 0.457. The number of carbonyl (C=O) groups is 1. The summed E-state index contributed by atoms with van der Waals surface area (Å²) >= 11 is 0. The molecular formula is C35H47NO2. The summed E-state index contributed by atoms with van der Waals surface area (Å²) in [4.78, 5) is 14.1. The number of benzene rings is 3. The molecule has 0 bridgehead atoms. The standard InChI is InChI=1S/C35H47NO2/c1-4-7-9-11-13-29-15-22-32(23-16-29)36(33-24-17-30(18-25-33)14-12-10-8-5-2)34-26-19-31(20-27-34)21-28-35(37)38-6-3/h15-20,22-27H,4-14,21,28H2,1-3H3. The number of unbranched alkanes of at least 4 members (excludes halogenated alkanes) is 6. The third-order valence-corrected chi connectivity index (χ3v) is 7.14. The van der Waals surface area contributed by atoms with Gasteiger partial charge in [0.1, 0.15) is 0 Å². The highest BCUT2D eigenvalue weighted by Gasteiger charge is 2.13. The van der Waals surface area contributed by atoms with Crippen molar-refractivity contribution in [2.75, 3.05) is 11.5 Å². The Balaban J connectivity index is 1.78. The third-order valence-electron chi connectivity index (χ3n) is 7.14. The first-order valence-electron chi connectivity index (χ1n) is 14.9. The zero-order valence-corrected chi connectivity index (χ0v) is 23.9. The van der Waals surface area contributed by atoms with Gasteiger partial charge < -0.3 is 9.64 Å². The Kier molecular flexibility index (Phi) is 13.0. The van der Waals surface area contributed by atoms with Gasteiger partial charge in [-0.2, -0.15) is 0 Å². The van der Waals surface area contributed by atoms with E-state index >= 15 is 0 Å². The molecule has 0 aliphatic rings. The van der Waals surface area contributed by atoms with E-state index in [0.717, 1.165) is 35.5 Å². The molecule has 0 radical (unpaired) electrons. The highest BCUT2D eigenvalue weighted by Crippen LogP contribution is 2.35. The SMILES string of the molecule is CCCCCCc1ccc(N(c2ccc(CCCCCC)cc2)c2ccc(CCC(=O)OCC)cc2)cc1. The van der Waals surface area contributed by atoms with Crippen molar-refractivity contribution in [3.63, 3.8) is 0 Å². The number of rotatable bonds is 17. The van der Waals surface area contributed by atoms with Crippen molar-refractivity contribution in [2.24, 2.45) is 0 Å². The molecule has 0 spiro atoms. The van der Waals surface area contributed by atoms with Gasteiger partial charge in [0.05, 0.1) is 6.61 Å². The van der Waals surface area contributed by atoms with Crippen LogP contribution in [0.1, 0.15) is 95.2 Å². The summed E-state index contributed by atoms with van der Waals surface area (Å²) in [6.45, 7) is 6.80. The van der Waals surface area contributed by atoms with Crippen LogP contribution in [0.25, 0.3) is 0 Å². The van der Waals surface area contributed by atoms with Crippen molar-refractivity contribution in [3.8, 4) is 0 Å².